The van der Waals surface area contributed by atoms with Crippen molar-refractivity contribution in [3.05, 3.63) is 34.4 Å². The molecule has 0 aliphatic heterocycles. The van der Waals surface area contributed by atoms with E-state index in [1.807, 2.05) is 18.2 Å². The largest absolute Gasteiger partial charge is 0.493 e. The molecule has 1 aromatic heterocycles. The van der Waals surface area contributed by atoms with E-state index in [4.69, 9.17) is 21.7 Å². The van der Waals surface area contributed by atoms with Crippen LogP contribution in [0.2, 0.25) is 0 Å². The first-order valence-corrected chi connectivity index (χ1v) is 8.51. The SMILES string of the molecule is COc1cc(/C=N\n2c(C3CC3)n[nH]c2=S)ccc1OCC(C)C. The van der Waals surface area contributed by atoms with E-state index >= 15 is 0 Å². The predicted octanol–water partition coefficient (Wildman–Crippen LogP) is 3.74. The van der Waals surface area contributed by atoms with Crippen LogP contribution >= 0.6 is 12.2 Å². The van der Waals surface area contributed by atoms with Crippen LogP contribution in [0.1, 0.15) is 44.0 Å². The third-order valence-electron chi connectivity index (χ3n) is 3.70. The number of rotatable bonds is 7. The third kappa shape index (κ3) is 3.84. The minimum absolute atomic E-state index is 0.458. The van der Waals surface area contributed by atoms with Crippen molar-refractivity contribution in [3.8, 4) is 11.5 Å². The number of aromatic amines is 1. The molecule has 0 amide bonds. The van der Waals surface area contributed by atoms with Gasteiger partial charge in [0.1, 0.15) is 0 Å². The summed E-state index contributed by atoms with van der Waals surface area (Å²) in [6, 6.07) is 5.75. The molecule has 1 aromatic carbocycles. The van der Waals surface area contributed by atoms with Crippen molar-refractivity contribution in [3.63, 3.8) is 0 Å². The molecule has 24 heavy (non-hydrogen) atoms. The topological polar surface area (TPSA) is 64.4 Å². The number of hydrogen-bond acceptors (Lipinski definition) is 5. The predicted molar refractivity (Wildman–Crippen MR) is 95.7 cm³/mol. The second kappa shape index (κ2) is 7.17. The summed E-state index contributed by atoms with van der Waals surface area (Å²) in [6.45, 7) is 4.87. The van der Waals surface area contributed by atoms with E-state index in [1.165, 1.54) is 0 Å². The van der Waals surface area contributed by atoms with Gasteiger partial charge < -0.3 is 9.47 Å². The summed E-state index contributed by atoms with van der Waals surface area (Å²) < 4.78 is 13.4. The van der Waals surface area contributed by atoms with Gasteiger partial charge in [-0.2, -0.15) is 14.9 Å². The molecule has 7 heteroatoms. The molecule has 0 spiro atoms. The number of methoxy groups -OCH3 is 1. The Morgan fingerprint density at radius 3 is 2.88 bits per heavy atom. The van der Waals surface area contributed by atoms with E-state index in [1.54, 1.807) is 18.0 Å². The van der Waals surface area contributed by atoms with Crippen LogP contribution in [0, 0.1) is 10.7 Å². The molecule has 3 rings (SSSR count). The molecule has 2 aromatic rings. The zero-order chi connectivity index (χ0) is 17.1. The molecule has 0 unspecified atom stereocenters. The van der Waals surface area contributed by atoms with Crippen molar-refractivity contribution in [2.75, 3.05) is 13.7 Å². The number of benzene rings is 1. The minimum Gasteiger partial charge on any atom is -0.493 e. The molecule has 1 fully saturated rings. The Labute approximate surface area is 146 Å². The molecular formula is C17H22N4O2S. The van der Waals surface area contributed by atoms with Crippen LogP contribution in [-0.4, -0.2) is 34.8 Å². The number of nitrogens with one attached hydrogen (secondary N) is 1. The summed E-state index contributed by atoms with van der Waals surface area (Å²) in [5.74, 6) is 3.26. The van der Waals surface area contributed by atoms with Crippen LogP contribution < -0.4 is 9.47 Å². The van der Waals surface area contributed by atoms with Crippen LogP contribution in [0.15, 0.2) is 23.3 Å². The fourth-order valence-electron chi connectivity index (χ4n) is 2.29. The van der Waals surface area contributed by atoms with Gasteiger partial charge in [-0.3, -0.25) is 5.10 Å². The Balaban J connectivity index is 1.80. The van der Waals surface area contributed by atoms with Gasteiger partial charge >= 0.3 is 0 Å². The van der Waals surface area contributed by atoms with E-state index in [2.05, 4.69) is 29.1 Å². The van der Waals surface area contributed by atoms with E-state index in [0.29, 0.717) is 29.0 Å². The number of hydrogen-bond donors (Lipinski definition) is 1. The minimum atomic E-state index is 0.458. The second-order valence-corrected chi connectivity index (χ2v) is 6.72. The Kier molecular flexibility index (Phi) is 4.99. The van der Waals surface area contributed by atoms with Crippen molar-refractivity contribution in [2.24, 2.45) is 11.0 Å². The van der Waals surface area contributed by atoms with Gasteiger partial charge in [-0.1, -0.05) is 13.8 Å². The third-order valence-corrected chi connectivity index (χ3v) is 3.96. The van der Waals surface area contributed by atoms with Gasteiger partial charge in [-0.25, -0.2) is 0 Å². The van der Waals surface area contributed by atoms with Crippen molar-refractivity contribution in [1.29, 1.82) is 0 Å². The van der Waals surface area contributed by atoms with Gasteiger partial charge in [-0.15, -0.1) is 0 Å². The normalized spacial score (nSPS) is 14.5. The molecule has 0 radical (unpaired) electrons. The molecule has 0 saturated heterocycles. The zero-order valence-electron chi connectivity index (χ0n) is 14.2. The average Bonchev–Trinajstić information content (AvgIpc) is 3.35. The van der Waals surface area contributed by atoms with Crippen LogP contribution in [0.3, 0.4) is 0 Å². The first-order chi connectivity index (χ1) is 11.6. The van der Waals surface area contributed by atoms with E-state index < -0.39 is 0 Å². The van der Waals surface area contributed by atoms with Crippen molar-refractivity contribution >= 4 is 18.4 Å². The van der Waals surface area contributed by atoms with Crippen LogP contribution in [0.25, 0.3) is 0 Å². The van der Waals surface area contributed by atoms with Crippen molar-refractivity contribution in [2.45, 2.75) is 32.6 Å². The maximum atomic E-state index is 5.77. The van der Waals surface area contributed by atoms with Gasteiger partial charge in [0, 0.05) is 5.92 Å². The lowest BCUT2D eigenvalue weighted by molar-refractivity contribution is 0.257. The number of H-pyrrole nitrogens is 1. The summed E-state index contributed by atoms with van der Waals surface area (Å²) in [4.78, 5) is 0. The quantitative estimate of drug-likeness (QED) is 0.613. The van der Waals surface area contributed by atoms with Gasteiger partial charge in [0.15, 0.2) is 17.3 Å². The summed E-state index contributed by atoms with van der Waals surface area (Å²) in [5, 5.41) is 11.6. The Hall–Kier alpha value is -2.15. The van der Waals surface area contributed by atoms with Gasteiger partial charge in [0.05, 0.1) is 19.9 Å². The highest BCUT2D eigenvalue weighted by Gasteiger charge is 2.29. The number of aromatic nitrogens is 3. The van der Waals surface area contributed by atoms with E-state index in [-0.39, 0.29) is 0 Å². The first kappa shape index (κ1) is 16.7. The molecule has 128 valence electrons. The fourth-order valence-corrected chi connectivity index (χ4v) is 2.47. The number of nitrogens with zero attached hydrogens (tertiary/aromatic N) is 3. The molecule has 6 nitrogen and oxygen atoms in total. The lowest BCUT2D eigenvalue weighted by atomic mass is 10.2. The molecule has 1 aliphatic rings. The van der Waals surface area contributed by atoms with Crippen LogP contribution in [0.4, 0.5) is 0 Å². The highest BCUT2D eigenvalue weighted by atomic mass is 32.1. The molecule has 1 aliphatic carbocycles. The van der Waals surface area contributed by atoms with Crippen LogP contribution in [-0.2, 0) is 0 Å². The van der Waals surface area contributed by atoms with E-state index in [9.17, 15) is 0 Å². The maximum absolute atomic E-state index is 5.77. The molecule has 0 bridgehead atoms. The van der Waals surface area contributed by atoms with Gasteiger partial charge in [0.2, 0.25) is 4.77 Å². The summed E-state index contributed by atoms with van der Waals surface area (Å²) >= 11 is 5.25. The Morgan fingerprint density at radius 1 is 1.42 bits per heavy atom. The summed E-state index contributed by atoms with van der Waals surface area (Å²) in [6.07, 6.45) is 4.04. The highest BCUT2D eigenvalue weighted by Crippen LogP contribution is 2.38. The molecule has 0 atom stereocenters. The summed E-state index contributed by atoms with van der Waals surface area (Å²) in [7, 11) is 1.63. The molecular weight excluding hydrogens is 324 g/mol. The highest BCUT2D eigenvalue weighted by molar-refractivity contribution is 7.71. The smallest absolute Gasteiger partial charge is 0.216 e. The summed E-state index contributed by atoms with van der Waals surface area (Å²) in [5.41, 5.74) is 0.911. The van der Waals surface area contributed by atoms with Gasteiger partial charge in [-0.05, 0) is 54.7 Å². The maximum Gasteiger partial charge on any atom is 0.216 e. The molecule has 1 N–H and O–H groups in total. The van der Waals surface area contributed by atoms with Crippen molar-refractivity contribution in [1.82, 2.24) is 14.9 Å². The standard InChI is InChI=1S/C17H22N4O2S/c1-11(2)10-23-14-7-4-12(8-15(14)22-3)9-18-21-16(13-5-6-13)19-20-17(21)24/h4,7-9,11,13H,5-6,10H2,1-3H3,(H,20,24)/b18-9-. The van der Waals surface area contributed by atoms with Crippen molar-refractivity contribution < 1.29 is 9.47 Å². The lowest BCUT2D eigenvalue weighted by Crippen LogP contribution is -2.05. The van der Waals surface area contributed by atoms with Gasteiger partial charge in [0.25, 0.3) is 0 Å². The zero-order valence-corrected chi connectivity index (χ0v) is 15.0. The lowest BCUT2D eigenvalue weighted by Gasteiger charge is -2.12. The monoisotopic (exact) mass is 346 g/mol. The second-order valence-electron chi connectivity index (χ2n) is 6.33. The fraction of sp³-hybridized carbons (Fsp3) is 0.471. The van der Waals surface area contributed by atoms with Crippen LogP contribution in [0.5, 0.6) is 11.5 Å². The first-order valence-electron chi connectivity index (χ1n) is 8.11. The molecule has 1 heterocycles. The average molecular weight is 346 g/mol. The number of ether oxygens (including phenoxy) is 2. The Morgan fingerprint density at radius 2 is 2.21 bits per heavy atom. The van der Waals surface area contributed by atoms with E-state index in [0.717, 1.165) is 30.0 Å². The molecule has 1 saturated carbocycles. The Bertz CT molecular complexity index is 790.